The van der Waals surface area contributed by atoms with Crippen LogP contribution in [0.1, 0.15) is 41.1 Å². The molecule has 6 heteroatoms. The fourth-order valence-electron chi connectivity index (χ4n) is 4.62. The maximum atomic E-state index is 13.0. The normalized spacial score (nSPS) is 29.4. The molecule has 0 aliphatic carbocycles. The Balaban J connectivity index is 1.48. The summed E-state index contributed by atoms with van der Waals surface area (Å²) in [6, 6.07) is 7.92. The standard InChI is InChI=1S/C20H26N2O4/c21-19(24)20-7-10-26-12-17(20)11-22(13-20)18(23)16-3-1-14(2-4-16)15-5-8-25-9-6-15/h1-4,15,17H,5-13H2,(H2,21,24)/t17-,20+/m1/s1. The van der Waals surface area contributed by atoms with Crippen molar-refractivity contribution in [3.8, 4) is 0 Å². The van der Waals surface area contributed by atoms with Gasteiger partial charge in [0, 0.05) is 44.4 Å². The number of hydrogen-bond acceptors (Lipinski definition) is 4. The summed E-state index contributed by atoms with van der Waals surface area (Å²) in [6.07, 6.45) is 2.66. The highest BCUT2D eigenvalue weighted by Crippen LogP contribution is 2.42. The first-order valence-corrected chi connectivity index (χ1v) is 9.45. The number of benzene rings is 1. The van der Waals surface area contributed by atoms with Crippen LogP contribution >= 0.6 is 0 Å². The van der Waals surface area contributed by atoms with Crippen LogP contribution in [0.15, 0.2) is 24.3 Å². The van der Waals surface area contributed by atoms with Crippen molar-refractivity contribution in [2.75, 3.05) is 39.5 Å². The topological polar surface area (TPSA) is 81.9 Å². The highest BCUT2D eigenvalue weighted by Gasteiger charge is 2.53. The second-order valence-electron chi connectivity index (χ2n) is 7.74. The van der Waals surface area contributed by atoms with Crippen LogP contribution in [0.3, 0.4) is 0 Å². The van der Waals surface area contributed by atoms with Crippen LogP contribution < -0.4 is 5.73 Å². The monoisotopic (exact) mass is 358 g/mol. The van der Waals surface area contributed by atoms with Crippen LogP contribution in [-0.4, -0.2) is 56.2 Å². The van der Waals surface area contributed by atoms with Gasteiger partial charge in [-0.2, -0.15) is 0 Å². The molecule has 140 valence electrons. The summed E-state index contributed by atoms with van der Waals surface area (Å²) in [4.78, 5) is 26.8. The number of ether oxygens (including phenoxy) is 2. The van der Waals surface area contributed by atoms with Crippen molar-refractivity contribution in [1.82, 2.24) is 4.90 Å². The molecule has 3 aliphatic rings. The Morgan fingerprint density at radius 3 is 2.46 bits per heavy atom. The molecule has 3 heterocycles. The van der Waals surface area contributed by atoms with Gasteiger partial charge in [-0.3, -0.25) is 9.59 Å². The number of fused-ring (bicyclic) bond motifs is 1. The quantitative estimate of drug-likeness (QED) is 0.889. The predicted molar refractivity (Wildman–Crippen MR) is 95.7 cm³/mol. The van der Waals surface area contributed by atoms with E-state index in [0.29, 0.717) is 44.2 Å². The Morgan fingerprint density at radius 2 is 1.81 bits per heavy atom. The first-order valence-electron chi connectivity index (χ1n) is 9.45. The second-order valence-corrected chi connectivity index (χ2v) is 7.74. The zero-order chi connectivity index (χ0) is 18.1. The first-order chi connectivity index (χ1) is 12.6. The maximum absolute atomic E-state index is 13.0. The zero-order valence-electron chi connectivity index (χ0n) is 15.0. The molecule has 0 saturated carbocycles. The number of likely N-dealkylation sites (tertiary alicyclic amines) is 1. The molecule has 6 nitrogen and oxygen atoms in total. The maximum Gasteiger partial charge on any atom is 0.253 e. The molecule has 4 rings (SSSR count). The molecular formula is C20H26N2O4. The van der Waals surface area contributed by atoms with Gasteiger partial charge in [0.1, 0.15) is 0 Å². The number of carbonyl (C=O) groups excluding carboxylic acids is 2. The van der Waals surface area contributed by atoms with E-state index in [1.165, 1.54) is 5.56 Å². The minimum atomic E-state index is -0.629. The fraction of sp³-hybridized carbons (Fsp3) is 0.600. The van der Waals surface area contributed by atoms with Crippen LogP contribution in [-0.2, 0) is 14.3 Å². The van der Waals surface area contributed by atoms with Crippen LogP contribution in [0.25, 0.3) is 0 Å². The first kappa shape index (κ1) is 17.5. The van der Waals surface area contributed by atoms with Crippen molar-refractivity contribution in [3.63, 3.8) is 0 Å². The highest BCUT2D eigenvalue weighted by atomic mass is 16.5. The molecule has 2 N–H and O–H groups in total. The van der Waals surface area contributed by atoms with Gasteiger partial charge < -0.3 is 20.1 Å². The molecule has 2 atom stereocenters. The number of amides is 2. The van der Waals surface area contributed by atoms with E-state index in [1.807, 2.05) is 12.1 Å². The summed E-state index contributed by atoms with van der Waals surface area (Å²) >= 11 is 0. The molecule has 3 saturated heterocycles. The minimum absolute atomic E-state index is 0.000730. The summed E-state index contributed by atoms with van der Waals surface area (Å²) < 4.78 is 10.9. The van der Waals surface area contributed by atoms with E-state index in [4.69, 9.17) is 15.2 Å². The average molecular weight is 358 g/mol. The Bertz CT molecular complexity index is 684. The van der Waals surface area contributed by atoms with E-state index in [1.54, 1.807) is 4.90 Å². The molecule has 1 aromatic carbocycles. The third-order valence-corrected chi connectivity index (χ3v) is 6.34. The summed E-state index contributed by atoms with van der Waals surface area (Å²) in [7, 11) is 0. The Labute approximate surface area is 153 Å². The number of rotatable bonds is 3. The molecule has 26 heavy (non-hydrogen) atoms. The second kappa shape index (κ2) is 7.00. The van der Waals surface area contributed by atoms with Crippen molar-refractivity contribution in [1.29, 1.82) is 0 Å². The van der Waals surface area contributed by atoms with Gasteiger partial charge in [-0.15, -0.1) is 0 Å². The van der Waals surface area contributed by atoms with Crippen LogP contribution in [0, 0.1) is 11.3 Å². The lowest BCUT2D eigenvalue weighted by molar-refractivity contribution is -0.135. The van der Waals surface area contributed by atoms with Crippen molar-refractivity contribution in [2.24, 2.45) is 17.1 Å². The molecule has 0 bridgehead atoms. The lowest BCUT2D eigenvalue weighted by Gasteiger charge is -2.34. The van der Waals surface area contributed by atoms with Crippen LogP contribution in [0.5, 0.6) is 0 Å². The molecule has 3 aliphatic heterocycles. The van der Waals surface area contributed by atoms with Crippen molar-refractivity contribution in [2.45, 2.75) is 25.2 Å². The van der Waals surface area contributed by atoms with Gasteiger partial charge in [-0.1, -0.05) is 12.1 Å². The summed E-state index contributed by atoms with van der Waals surface area (Å²) in [5.74, 6) is 0.173. The van der Waals surface area contributed by atoms with Crippen LogP contribution in [0.4, 0.5) is 0 Å². The molecule has 0 aromatic heterocycles. The summed E-state index contributed by atoms with van der Waals surface area (Å²) in [5, 5.41) is 0. The molecule has 0 unspecified atom stereocenters. The van der Waals surface area contributed by atoms with Crippen LogP contribution in [0.2, 0.25) is 0 Å². The van der Waals surface area contributed by atoms with Crippen molar-refractivity contribution < 1.29 is 19.1 Å². The van der Waals surface area contributed by atoms with Gasteiger partial charge in [-0.05, 0) is 42.9 Å². The van der Waals surface area contributed by atoms with Gasteiger partial charge in [0.05, 0.1) is 12.0 Å². The third-order valence-electron chi connectivity index (χ3n) is 6.34. The fourth-order valence-corrected chi connectivity index (χ4v) is 4.62. The van der Waals surface area contributed by atoms with E-state index in [0.717, 1.165) is 26.1 Å². The Kier molecular flexibility index (Phi) is 4.71. The van der Waals surface area contributed by atoms with Gasteiger partial charge in [0.2, 0.25) is 5.91 Å². The number of carbonyl (C=O) groups is 2. The highest BCUT2D eigenvalue weighted by molar-refractivity contribution is 5.95. The lowest BCUT2D eigenvalue weighted by atomic mass is 9.74. The molecule has 1 aromatic rings. The predicted octanol–water partition coefficient (Wildman–Crippen LogP) is 1.54. The average Bonchev–Trinajstić information content (AvgIpc) is 3.09. The van der Waals surface area contributed by atoms with Gasteiger partial charge in [0.25, 0.3) is 5.91 Å². The lowest BCUT2D eigenvalue weighted by Crippen LogP contribution is -2.48. The Morgan fingerprint density at radius 1 is 1.08 bits per heavy atom. The Hall–Kier alpha value is -1.92. The summed E-state index contributed by atoms with van der Waals surface area (Å²) in [6.45, 7) is 3.56. The van der Waals surface area contributed by atoms with Gasteiger partial charge in [0.15, 0.2) is 0 Å². The molecule has 0 spiro atoms. The molecule has 2 amide bonds. The number of primary amides is 1. The largest absolute Gasteiger partial charge is 0.381 e. The van der Waals surface area contributed by atoms with Crippen molar-refractivity contribution in [3.05, 3.63) is 35.4 Å². The number of nitrogens with two attached hydrogens (primary N) is 1. The summed E-state index contributed by atoms with van der Waals surface area (Å²) in [5.41, 5.74) is 7.01. The van der Waals surface area contributed by atoms with E-state index in [9.17, 15) is 9.59 Å². The minimum Gasteiger partial charge on any atom is -0.381 e. The molecule has 0 radical (unpaired) electrons. The molecule has 3 fully saturated rings. The van der Waals surface area contributed by atoms with Gasteiger partial charge in [-0.25, -0.2) is 0 Å². The molecular weight excluding hydrogens is 332 g/mol. The third kappa shape index (κ3) is 3.01. The van der Waals surface area contributed by atoms with E-state index < -0.39 is 5.41 Å². The number of hydrogen-bond donors (Lipinski definition) is 1. The zero-order valence-corrected chi connectivity index (χ0v) is 15.0. The smallest absolute Gasteiger partial charge is 0.253 e. The van der Waals surface area contributed by atoms with E-state index in [-0.39, 0.29) is 17.7 Å². The SMILES string of the molecule is NC(=O)[C@]12CCOC[C@H]1CN(C(=O)c1ccc(C3CCOCC3)cc1)C2. The van der Waals surface area contributed by atoms with Crippen molar-refractivity contribution >= 4 is 11.8 Å². The van der Waals surface area contributed by atoms with E-state index >= 15 is 0 Å². The van der Waals surface area contributed by atoms with Gasteiger partial charge >= 0.3 is 0 Å². The number of nitrogens with zero attached hydrogens (tertiary/aromatic N) is 1. The van der Waals surface area contributed by atoms with E-state index in [2.05, 4.69) is 12.1 Å².